The first-order valence-corrected chi connectivity index (χ1v) is 8.36. The Labute approximate surface area is 117 Å². The van der Waals surface area contributed by atoms with Crippen LogP contribution in [-0.2, 0) is 21.4 Å². The first-order chi connectivity index (χ1) is 9.03. The van der Waals surface area contributed by atoms with Crippen LogP contribution in [0.1, 0.15) is 4.88 Å². The van der Waals surface area contributed by atoms with E-state index in [9.17, 15) is 8.42 Å². The predicted molar refractivity (Wildman–Crippen MR) is 72.7 cm³/mol. The van der Waals surface area contributed by atoms with Gasteiger partial charge in [-0.25, -0.2) is 13.1 Å². The maximum Gasteiger partial charge on any atom is 0.241 e. The molecule has 2 rings (SSSR count). The van der Waals surface area contributed by atoms with Crippen molar-refractivity contribution in [2.24, 2.45) is 0 Å². The number of thiophene rings is 1. The number of nitrogens with zero attached hydrogens (tertiary/aromatic N) is 1. The summed E-state index contributed by atoms with van der Waals surface area (Å²) in [5.74, 6) is 0. The highest BCUT2D eigenvalue weighted by atomic mass is 32.2. The molecule has 0 aliphatic carbocycles. The van der Waals surface area contributed by atoms with Crippen LogP contribution in [0.4, 0.5) is 0 Å². The molecular formula is C11H18N2O4S2. The lowest BCUT2D eigenvalue weighted by molar-refractivity contribution is -0.0156. The van der Waals surface area contributed by atoms with E-state index >= 15 is 0 Å². The molecule has 1 unspecified atom stereocenters. The van der Waals surface area contributed by atoms with Gasteiger partial charge in [-0.05, 0) is 18.5 Å². The molecule has 1 aliphatic heterocycles. The van der Waals surface area contributed by atoms with Crippen LogP contribution in [-0.4, -0.2) is 57.8 Å². The number of hydrogen-bond acceptors (Lipinski definition) is 6. The normalized spacial score (nSPS) is 21.7. The number of aliphatic hydroxyl groups excluding tert-OH is 1. The van der Waals surface area contributed by atoms with Gasteiger partial charge in [-0.2, -0.15) is 0 Å². The summed E-state index contributed by atoms with van der Waals surface area (Å²) in [6.07, 6.45) is -0.135. The summed E-state index contributed by atoms with van der Waals surface area (Å²) in [6.45, 7) is 2.16. The van der Waals surface area contributed by atoms with E-state index in [2.05, 4.69) is 9.62 Å². The average Bonchev–Trinajstić information content (AvgIpc) is 2.86. The fourth-order valence-electron chi connectivity index (χ4n) is 1.95. The van der Waals surface area contributed by atoms with Crippen molar-refractivity contribution in [3.63, 3.8) is 0 Å². The van der Waals surface area contributed by atoms with Crippen LogP contribution in [0.5, 0.6) is 0 Å². The monoisotopic (exact) mass is 306 g/mol. The van der Waals surface area contributed by atoms with Crippen molar-refractivity contribution in [3.8, 4) is 0 Å². The molecule has 19 heavy (non-hydrogen) atoms. The van der Waals surface area contributed by atoms with E-state index in [-0.39, 0.29) is 24.2 Å². The second-order valence-corrected chi connectivity index (χ2v) is 7.21. The number of aliphatic hydroxyl groups is 1. The van der Waals surface area contributed by atoms with Gasteiger partial charge in [0.1, 0.15) is 0 Å². The Morgan fingerprint density at radius 1 is 1.63 bits per heavy atom. The summed E-state index contributed by atoms with van der Waals surface area (Å²) < 4.78 is 32.3. The molecule has 1 fully saturated rings. The molecular weight excluding hydrogens is 288 g/mol. The molecule has 1 aromatic heterocycles. The lowest BCUT2D eigenvalue weighted by atomic mass is 10.3. The summed E-state index contributed by atoms with van der Waals surface area (Å²) in [4.78, 5) is 2.71. The molecule has 1 aromatic rings. The van der Waals surface area contributed by atoms with Gasteiger partial charge in [0.2, 0.25) is 10.0 Å². The van der Waals surface area contributed by atoms with Crippen LogP contribution in [0.25, 0.3) is 0 Å². The van der Waals surface area contributed by atoms with Crippen molar-refractivity contribution in [1.29, 1.82) is 0 Å². The van der Waals surface area contributed by atoms with Crippen molar-refractivity contribution in [3.05, 3.63) is 16.3 Å². The number of ether oxygens (including phenoxy) is 1. The molecule has 1 aliphatic rings. The van der Waals surface area contributed by atoms with Gasteiger partial charge in [-0.15, -0.1) is 11.3 Å². The molecule has 1 atom stereocenters. The van der Waals surface area contributed by atoms with Gasteiger partial charge in [0.15, 0.2) is 0 Å². The molecule has 0 spiro atoms. The van der Waals surface area contributed by atoms with Crippen LogP contribution in [0.2, 0.25) is 0 Å². The third-order valence-corrected chi connectivity index (χ3v) is 5.52. The van der Waals surface area contributed by atoms with Gasteiger partial charge in [-0.1, -0.05) is 0 Å². The molecule has 0 aromatic carbocycles. The third kappa shape index (κ3) is 3.74. The van der Waals surface area contributed by atoms with E-state index in [4.69, 9.17) is 9.84 Å². The van der Waals surface area contributed by atoms with Gasteiger partial charge in [-0.3, -0.25) is 0 Å². The van der Waals surface area contributed by atoms with Crippen LogP contribution in [0.3, 0.4) is 0 Å². The molecule has 6 nitrogen and oxygen atoms in total. The zero-order chi connectivity index (χ0) is 13.9. The average molecular weight is 306 g/mol. The van der Waals surface area contributed by atoms with E-state index in [1.54, 1.807) is 5.38 Å². The minimum atomic E-state index is -3.57. The smallest absolute Gasteiger partial charge is 0.241 e. The maximum atomic E-state index is 12.1. The molecule has 108 valence electrons. The zero-order valence-electron chi connectivity index (χ0n) is 10.7. The van der Waals surface area contributed by atoms with Gasteiger partial charge < -0.3 is 14.7 Å². The quantitative estimate of drug-likeness (QED) is 0.791. The van der Waals surface area contributed by atoms with E-state index in [0.717, 1.165) is 6.54 Å². The molecule has 1 saturated heterocycles. The second kappa shape index (κ2) is 6.29. The van der Waals surface area contributed by atoms with E-state index in [1.165, 1.54) is 17.4 Å². The number of rotatable bonds is 5. The van der Waals surface area contributed by atoms with Gasteiger partial charge in [0, 0.05) is 24.5 Å². The number of sulfonamides is 1. The highest BCUT2D eigenvalue weighted by Gasteiger charge is 2.23. The first kappa shape index (κ1) is 14.9. The van der Waals surface area contributed by atoms with Crippen LogP contribution >= 0.6 is 11.3 Å². The maximum absolute atomic E-state index is 12.1. The van der Waals surface area contributed by atoms with E-state index in [1.807, 2.05) is 7.05 Å². The topological polar surface area (TPSA) is 78.9 Å². The van der Waals surface area contributed by atoms with Crippen LogP contribution in [0.15, 0.2) is 16.3 Å². The zero-order valence-corrected chi connectivity index (χ0v) is 12.3. The Morgan fingerprint density at radius 2 is 2.42 bits per heavy atom. The lowest BCUT2D eigenvalue weighted by Gasteiger charge is -2.30. The number of morpholine rings is 1. The Kier molecular flexibility index (Phi) is 4.93. The van der Waals surface area contributed by atoms with Crippen molar-refractivity contribution in [2.45, 2.75) is 17.6 Å². The summed E-state index contributed by atoms with van der Waals surface area (Å²) >= 11 is 1.23. The number of hydrogen-bond donors (Lipinski definition) is 2. The fourth-order valence-corrected chi connectivity index (χ4v) is 4.31. The van der Waals surface area contributed by atoms with Crippen molar-refractivity contribution < 1.29 is 18.3 Å². The Morgan fingerprint density at radius 3 is 3.11 bits per heavy atom. The van der Waals surface area contributed by atoms with Crippen molar-refractivity contribution in [2.75, 3.05) is 33.3 Å². The molecule has 0 saturated carbocycles. The number of nitrogens with one attached hydrogen (secondary N) is 1. The SMILES string of the molecule is CN1CCOC(CNS(=O)(=O)c2ccsc2CO)C1. The Bertz CT molecular complexity index is 515. The minimum absolute atomic E-state index is 0.135. The summed E-state index contributed by atoms with van der Waals surface area (Å²) in [7, 11) is -1.60. The highest BCUT2D eigenvalue weighted by molar-refractivity contribution is 7.89. The summed E-state index contributed by atoms with van der Waals surface area (Å²) in [6, 6.07) is 1.51. The molecule has 2 heterocycles. The first-order valence-electron chi connectivity index (χ1n) is 6.00. The summed E-state index contributed by atoms with van der Waals surface area (Å²) in [5, 5.41) is 10.8. The predicted octanol–water partition coefficient (Wildman–Crippen LogP) is -0.151. The standard InChI is InChI=1S/C11H18N2O4S2/c1-13-3-4-17-9(7-13)6-12-19(15,16)11-2-5-18-10(11)8-14/h2,5,9,12,14H,3-4,6-8H2,1H3. The number of likely N-dealkylation sites (N-methyl/N-ethyl adjacent to an activating group) is 1. The van der Waals surface area contributed by atoms with Crippen molar-refractivity contribution >= 4 is 21.4 Å². The molecule has 0 radical (unpaired) electrons. The molecule has 2 N–H and O–H groups in total. The fraction of sp³-hybridized carbons (Fsp3) is 0.636. The highest BCUT2D eigenvalue weighted by Crippen LogP contribution is 2.21. The lowest BCUT2D eigenvalue weighted by Crippen LogP contribution is -2.45. The van der Waals surface area contributed by atoms with Crippen LogP contribution in [0, 0.1) is 0 Å². The minimum Gasteiger partial charge on any atom is -0.391 e. The van der Waals surface area contributed by atoms with E-state index < -0.39 is 10.0 Å². The van der Waals surface area contributed by atoms with Gasteiger partial charge in [0.05, 0.1) is 24.2 Å². The molecule has 8 heteroatoms. The van der Waals surface area contributed by atoms with Gasteiger partial charge >= 0.3 is 0 Å². The molecule has 0 amide bonds. The van der Waals surface area contributed by atoms with Gasteiger partial charge in [0.25, 0.3) is 0 Å². The second-order valence-electron chi connectivity index (χ2n) is 4.47. The Hall–Kier alpha value is -0.510. The summed E-state index contributed by atoms with van der Waals surface area (Å²) in [5.41, 5.74) is 0. The van der Waals surface area contributed by atoms with Crippen LogP contribution < -0.4 is 4.72 Å². The van der Waals surface area contributed by atoms with Crippen molar-refractivity contribution in [1.82, 2.24) is 9.62 Å². The Balaban J connectivity index is 1.98. The molecule has 0 bridgehead atoms. The largest absolute Gasteiger partial charge is 0.391 e. The third-order valence-electron chi connectivity index (χ3n) is 2.98. The van der Waals surface area contributed by atoms with E-state index in [0.29, 0.717) is 18.0 Å².